The minimum absolute atomic E-state index is 0.341. The van der Waals surface area contributed by atoms with Gasteiger partial charge in [-0.2, -0.15) is 0 Å². The first-order valence-corrected chi connectivity index (χ1v) is 7.67. The molecule has 0 saturated heterocycles. The van der Waals surface area contributed by atoms with Crippen molar-refractivity contribution in [2.75, 3.05) is 26.1 Å². The summed E-state index contributed by atoms with van der Waals surface area (Å²) in [5.41, 5.74) is 7.72. The third-order valence-corrected chi connectivity index (χ3v) is 3.29. The van der Waals surface area contributed by atoms with E-state index in [0.29, 0.717) is 36.4 Å². The van der Waals surface area contributed by atoms with Crippen LogP contribution < -0.4 is 25.3 Å². The Hall–Kier alpha value is -2.89. The van der Waals surface area contributed by atoms with Gasteiger partial charge in [-0.15, -0.1) is 0 Å². The molecule has 2 aromatic carbocycles. The Morgan fingerprint density at radius 1 is 1.08 bits per heavy atom. The molecule has 3 N–H and O–H groups in total. The Morgan fingerprint density at radius 3 is 2.25 bits per heavy atom. The van der Waals surface area contributed by atoms with Crippen molar-refractivity contribution in [2.45, 2.75) is 13.5 Å². The second-order valence-electron chi connectivity index (χ2n) is 4.95. The highest BCUT2D eigenvalue weighted by Crippen LogP contribution is 2.38. The molecule has 0 aromatic heterocycles. The van der Waals surface area contributed by atoms with E-state index in [0.717, 1.165) is 11.3 Å². The van der Waals surface area contributed by atoms with Gasteiger partial charge in [0.25, 0.3) is 0 Å². The molecule has 2 aromatic rings. The summed E-state index contributed by atoms with van der Waals surface area (Å²) in [6.45, 7) is 2.83. The maximum absolute atomic E-state index is 5.92. The van der Waals surface area contributed by atoms with Crippen LogP contribution in [0.4, 0.5) is 5.69 Å². The number of hydrogen-bond donors (Lipinski definition) is 2. The normalized spacial score (nSPS) is 11.0. The van der Waals surface area contributed by atoms with Crippen LogP contribution in [0, 0.1) is 0 Å². The lowest BCUT2D eigenvalue weighted by Crippen LogP contribution is -2.22. The van der Waals surface area contributed by atoms with E-state index in [4.69, 9.17) is 19.9 Å². The fourth-order valence-corrected chi connectivity index (χ4v) is 2.20. The maximum atomic E-state index is 5.92. The number of nitrogens with zero attached hydrogens (tertiary/aromatic N) is 1. The SMILES string of the molecule is CCOc1c(OC)cc(CN=C(N)Nc2ccccc2)cc1OC. The number of rotatable bonds is 7. The molecule has 0 atom stereocenters. The van der Waals surface area contributed by atoms with Gasteiger partial charge in [-0.1, -0.05) is 18.2 Å². The zero-order chi connectivity index (χ0) is 17.4. The average Bonchev–Trinajstić information content (AvgIpc) is 2.61. The van der Waals surface area contributed by atoms with Crippen molar-refractivity contribution in [3.05, 3.63) is 48.0 Å². The zero-order valence-corrected chi connectivity index (χ0v) is 14.2. The van der Waals surface area contributed by atoms with Crippen molar-refractivity contribution >= 4 is 11.6 Å². The van der Waals surface area contributed by atoms with Gasteiger partial charge in [-0.05, 0) is 36.8 Å². The van der Waals surface area contributed by atoms with Crippen molar-refractivity contribution in [2.24, 2.45) is 10.7 Å². The molecule has 6 nitrogen and oxygen atoms in total. The predicted octanol–water partition coefficient (Wildman–Crippen LogP) is 3.03. The molecule has 128 valence electrons. The molecule has 0 radical (unpaired) electrons. The molecule has 0 saturated carbocycles. The van der Waals surface area contributed by atoms with Gasteiger partial charge in [-0.25, -0.2) is 4.99 Å². The molecule has 6 heteroatoms. The van der Waals surface area contributed by atoms with Gasteiger partial charge in [0.05, 0.1) is 27.4 Å². The van der Waals surface area contributed by atoms with Crippen LogP contribution in [0.5, 0.6) is 17.2 Å². The minimum atomic E-state index is 0.341. The molecule has 0 heterocycles. The molecule has 24 heavy (non-hydrogen) atoms. The van der Waals surface area contributed by atoms with Crippen LogP contribution in [0.2, 0.25) is 0 Å². The molecule has 0 aliphatic heterocycles. The molecule has 0 unspecified atom stereocenters. The number of nitrogens with two attached hydrogens (primary N) is 1. The maximum Gasteiger partial charge on any atom is 0.203 e. The number of aliphatic imine (C=N–C) groups is 1. The van der Waals surface area contributed by atoms with Crippen LogP contribution in [0.1, 0.15) is 12.5 Å². The number of guanidine groups is 1. The van der Waals surface area contributed by atoms with E-state index in [2.05, 4.69) is 10.3 Å². The highest BCUT2D eigenvalue weighted by molar-refractivity contribution is 5.92. The Bertz CT molecular complexity index is 662. The monoisotopic (exact) mass is 329 g/mol. The van der Waals surface area contributed by atoms with Crippen LogP contribution in [-0.2, 0) is 6.54 Å². The van der Waals surface area contributed by atoms with E-state index in [-0.39, 0.29) is 0 Å². The predicted molar refractivity (Wildman–Crippen MR) is 96.1 cm³/mol. The lowest BCUT2D eigenvalue weighted by Gasteiger charge is -2.15. The summed E-state index contributed by atoms with van der Waals surface area (Å²) in [6.07, 6.45) is 0. The molecular weight excluding hydrogens is 306 g/mol. The van der Waals surface area contributed by atoms with Crippen molar-refractivity contribution < 1.29 is 14.2 Å². The molecule has 0 bridgehead atoms. The Balaban J connectivity index is 2.15. The number of hydrogen-bond acceptors (Lipinski definition) is 4. The lowest BCUT2D eigenvalue weighted by molar-refractivity contribution is 0.288. The summed E-state index contributed by atoms with van der Waals surface area (Å²) < 4.78 is 16.4. The Morgan fingerprint density at radius 2 is 1.71 bits per heavy atom. The van der Waals surface area contributed by atoms with E-state index in [1.165, 1.54) is 0 Å². The topological polar surface area (TPSA) is 78.1 Å². The largest absolute Gasteiger partial charge is 0.493 e. The molecule has 2 rings (SSSR count). The molecule has 0 spiro atoms. The Kier molecular flexibility index (Phi) is 6.31. The molecule has 0 aliphatic carbocycles. The van der Waals surface area contributed by atoms with E-state index in [9.17, 15) is 0 Å². The standard InChI is InChI=1S/C18H23N3O3/c1-4-24-17-15(22-2)10-13(11-16(17)23-3)12-20-18(19)21-14-8-6-5-7-9-14/h5-11H,4,12H2,1-3H3,(H3,19,20,21). The van der Waals surface area contributed by atoms with E-state index in [1.807, 2.05) is 49.4 Å². The van der Waals surface area contributed by atoms with Crippen LogP contribution in [0.3, 0.4) is 0 Å². The third-order valence-electron chi connectivity index (χ3n) is 3.29. The van der Waals surface area contributed by atoms with E-state index >= 15 is 0 Å². The molecule has 0 amide bonds. The van der Waals surface area contributed by atoms with Crippen molar-refractivity contribution in [3.63, 3.8) is 0 Å². The number of ether oxygens (including phenoxy) is 3. The molecular formula is C18H23N3O3. The first-order valence-electron chi connectivity index (χ1n) is 7.67. The summed E-state index contributed by atoms with van der Waals surface area (Å²) in [4.78, 5) is 4.35. The number of para-hydroxylation sites is 1. The van der Waals surface area contributed by atoms with Crippen LogP contribution in [0.25, 0.3) is 0 Å². The van der Waals surface area contributed by atoms with E-state index < -0.39 is 0 Å². The molecule has 0 aliphatic rings. The summed E-state index contributed by atoms with van der Waals surface area (Å²) in [6, 6.07) is 13.4. The van der Waals surface area contributed by atoms with Gasteiger partial charge in [0.1, 0.15) is 0 Å². The van der Waals surface area contributed by atoms with Gasteiger partial charge in [-0.3, -0.25) is 0 Å². The highest BCUT2D eigenvalue weighted by atomic mass is 16.5. The van der Waals surface area contributed by atoms with Gasteiger partial charge < -0.3 is 25.3 Å². The number of benzene rings is 2. The first-order chi connectivity index (χ1) is 11.7. The summed E-state index contributed by atoms with van der Waals surface area (Å²) >= 11 is 0. The number of methoxy groups -OCH3 is 2. The highest BCUT2D eigenvalue weighted by Gasteiger charge is 2.13. The van der Waals surface area contributed by atoms with Gasteiger partial charge >= 0.3 is 0 Å². The lowest BCUT2D eigenvalue weighted by atomic mass is 10.2. The summed E-state index contributed by atoms with van der Waals surface area (Å²) in [5, 5.41) is 3.04. The van der Waals surface area contributed by atoms with E-state index in [1.54, 1.807) is 14.2 Å². The quantitative estimate of drug-likeness (QED) is 0.603. The van der Waals surface area contributed by atoms with Crippen molar-refractivity contribution in [1.29, 1.82) is 0 Å². The smallest absolute Gasteiger partial charge is 0.203 e. The fourth-order valence-electron chi connectivity index (χ4n) is 2.20. The van der Waals surface area contributed by atoms with Crippen molar-refractivity contribution in [3.8, 4) is 17.2 Å². The second-order valence-corrected chi connectivity index (χ2v) is 4.95. The number of anilines is 1. The second kappa shape index (κ2) is 8.67. The zero-order valence-electron chi connectivity index (χ0n) is 14.2. The first kappa shape index (κ1) is 17.5. The van der Waals surface area contributed by atoms with Crippen LogP contribution in [0.15, 0.2) is 47.5 Å². The number of nitrogens with one attached hydrogen (secondary N) is 1. The fraction of sp³-hybridized carbons (Fsp3) is 0.278. The van der Waals surface area contributed by atoms with Gasteiger partial charge in [0.2, 0.25) is 5.75 Å². The minimum Gasteiger partial charge on any atom is -0.493 e. The summed E-state index contributed by atoms with van der Waals surface area (Å²) in [7, 11) is 3.19. The van der Waals surface area contributed by atoms with Crippen molar-refractivity contribution in [1.82, 2.24) is 0 Å². The van der Waals surface area contributed by atoms with Crippen LogP contribution in [-0.4, -0.2) is 26.8 Å². The summed E-state index contributed by atoms with van der Waals surface area (Å²) in [5.74, 6) is 2.14. The van der Waals surface area contributed by atoms with Gasteiger partial charge in [0, 0.05) is 5.69 Å². The Labute approximate surface area is 142 Å². The molecule has 0 fully saturated rings. The third kappa shape index (κ3) is 4.55. The van der Waals surface area contributed by atoms with Crippen LogP contribution >= 0.6 is 0 Å². The van der Waals surface area contributed by atoms with Gasteiger partial charge in [0.15, 0.2) is 17.5 Å². The average molecular weight is 329 g/mol.